The molecule has 74 valence electrons. The zero-order valence-electron chi connectivity index (χ0n) is 7.68. The van der Waals surface area contributed by atoms with E-state index < -0.39 is 0 Å². The largest absolute Gasteiger partial charge is 0.355 e. The van der Waals surface area contributed by atoms with Crippen molar-refractivity contribution < 1.29 is 9.18 Å². The summed E-state index contributed by atoms with van der Waals surface area (Å²) < 4.78 is 12.1. The molecule has 0 aromatic carbocycles. The molecule has 4 heteroatoms. The number of likely N-dealkylation sites (tertiary alicyclic amines) is 1. The maximum Gasteiger partial charge on any atom is 0.220 e. The van der Waals surface area contributed by atoms with Crippen molar-refractivity contribution in [2.45, 2.75) is 12.8 Å². The fourth-order valence-corrected chi connectivity index (χ4v) is 2.38. The molecule has 2 rings (SSSR count). The fraction of sp³-hybridized carbons (Fsp3) is 0.889. The summed E-state index contributed by atoms with van der Waals surface area (Å²) in [7, 11) is 0. The molecule has 0 aliphatic carbocycles. The Bertz CT molecular complexity index is 222. The summed E-state index contributed by atoms with van der Waals surface area (Å²) in [6.45, 7) is 2.86. The van der Waals surface area contributed by atoms with Crippen LogP contribution in [0.1, 0.15) is 12.8 Å². The van der Waals surface area contributed by atoms with Gasteiger partial charge in [0.15, 0.2) is 0 Å². The monoisotopic (exact) mass is 186 g/mol. The molecular weight excluding hydrogens is 171 g/mol. The molecule has 3 nitrogen and oxygen atoms in total. The Balaban J connectivity index is 1.93. The van der Waals surface area contributed by atoms with Crippen molar-refractivity contribution in [2.24, 2.45) is 5.41 Å². The zero-order chi connectivity index (χ0) is 9.31. The highest BCUT2D eigenvalue weighted by molar-refractivity contribution is 5.79. The van der Waals surface area contributed by atoms with Crippen LogP contribution in [-0.2, 0) is 4.79 Å². The minimum atomic E-state index is -0.280. The number of rotatable bonds is 2. The van der Waals surface area contributed by atoms with Crippen molar-refractivity contribution in [1.29, 1.82) is 0 Å². The summed E-state index contributed by atoms with van der Waals surface area (Å²) in [6.07, 6.45) is 1.67. The average Bonchev–Trinajstić information content (AvgIpc) is 2.62. The molecule has 2 aliphatic heterocycles. The van der Waals surface area contributed by atoms with Crippen molar-refractivity contribution in [3.8, 4) is 0 Å². The first-order chi connectivity index (χ1) is 6.24. The molecule has 2 heterocycles. The normalized spacial score (nSPS) is 34.4. The van der Waals surface area contributed by atoms with E-state index in [0.29, 0.717) is 13.0 Å². The summed E-state index contributed by atoms with van der Waals surface area (Å²) in [4.78, 5) is 13.2. The lowest BCUT2D eigenvalue weighted by Gasteiger charge is -2.20. The molecule has 2 aliphatic rings. The molecule has 1 amide bonds. The van der Waals surface area contributed by atoms with Crippen LogP contribution in [0, 0.1) is 5.41 Å². The van der Waals surface area contributed by atoms with Gasteiger partial charge < -0.3 is 10.2 Å². The van der Waals surface area contributed by atoms with E-state index in [9.17, 15) is 9.18 Å². The number of nitrogens with one attached hydrogen (secondary N) is 1. The van der Waals surface area contributed by atoms with E-state index >= 15 is 0 Å². The van der Waals surface area contributed by atoms with E-state index in [1.54, 1.807) is 0 Å². The van der Waals surface area contributed by atoms with Gasteiger partial charge in [0.25, 0.3) is 0 Å². The van der Waals surface area contributed by atoms with E-state index in [1.807, 2.05) is 0 Å². The molecule has 13 heavy (non-hydrogen) atoms. The van der Waals surface area contributed by atoms with E-state index in [1.165, 1.54) is 0 Å². The van der Waals surface area contributed by atoms with E-state index in [4.69, 9.17) is 0 Å². The Morgan fingerprint density at radius 1 is 1.62 bits per heavy atom. The molecule has 1 spiro atoms. The van der Waals surface area contributed by atoms with Gasteiger partial charge in [-0.25, -0.2) is 4.39 Å². The Labute approximate surface area is 77.3 Å². The van der Waals surface area contributed by atoms with Crippen LogP contribution in [0.3, 0.4) is 0 Å². The molecule has 2 saturated heterocycles. The van der Waals surface area contributed by atoms with Crippen LogP contribution in [0.2, 0.25) is 0 Å². The average molecular weight is 186 g/mol. The maximum absolute atomic E-state index is 12.1. The van der Waals surface area contributed by atoms with E-state index in [-0.39, 0.29) is 18.0 Å². The second-order valence-corrected chi connectivity index (χ2v) is 4.17. The van der Waals surface area contributed by atoms with Crippen LogP contribution in [0.15, 0.2) is 0 Å². The molecular formula is C9H15FN2O. The predicted octanol–water partition coefficient (Wildman–Crippen LogP) is 0.168. The Morgan fingerprint density at radius 3 is 3.08 bits per heavy atom. The van der Waals surface area contributed by atoms with Gasteiger partial charge in [0.2, 0.25) is 5.91 Å². The van der Waals surface area contributed by atoms with Gasteiger partial charge in [-0.3, -0.25) is 4.79 Å². The number of hydrogen-bond donors (Lipinski definition) is 1. The second-order valence-electron chi connectivity index (χ2n) is 4.17. The van der Waals surface area contributed by atoms with Gasteiger partial charge in [-0.1, -0.05) is 0 Å². The van der Waals surface area contributed by atoms with Crippen LogP contribution in [-0.4, -0.2) is 43.7 Å². The minimum Gasteiger partial charge on any atom is -0.355 e. The van der Waals surface area contributed by atoms with Gasteiger partial charge in [0.05, 0.1) is 0 Å². The molecule has 2 fully saturated rings. The first-order valence-electron chi connectivity index (χ1n) is 4.79. The fourth-order valence-electron chi connectivity index (χ4n) is 2.38. The lowest BCUT2D eigenvalue weighted by molar-refractivity contribution is -0.119. The minimum absolute atomic E-state index is 0.131. The summed E-state index contributed by atoms with van der Waals surface area (Å²) in [5, 5.41) is 2.86. The highest BCUT2D eigenvalue weighted by Crippen LogP contribution is 2.36. The van der Waals surface area contributed by atoms with E-state index in [0.717, 1.165) is 26.1 Å². The van der Waals surface area contributed by atoms with Crippen LogP contribution in [0.4, 0.5) is 4.39 Å². The first-order valence-corrected chi connectivity index (χ1v) is 4.79. The van der Waals surface area contributed by atoms with Crippen LogP contribution in [0.5, 0.6) is 0 Å². The first kappa shape index (κ1) is 8.94. The smallest absolute Gasteiger partial charge is 0.220 e. The SMILES string of the molecule is O=C1CC2(CCN(CCF)C2)CN1. The maximum atomic E-state index is 12.1. The molecule has 0 radical (unpaired) electrons. The van der Waals surface area contributed by atoms with Crippen molar-refractivity contribution >= 4 is 5.91 Å². The number of carbonyl (C=O) groups excluding carboxylic acids is 1. The lowest BCUT2D eigenvalue weighted by Crippen LogP contribution is -2.30. The van der Waals surface area contributed by atoms with Crippen molar-refractivity contribution in [1.82, 2.24) is 10.2 Å². The predicted molar refractivity (Wildman–Crippen MR) is 47.1 cm³/mol. The van der Waals surface area contributed by atoms with Crippen molar-refractivity contribution in [3.63, 3.8) is 0 Å². The zero-order valence-corrected chi connectivity index (χ0v) is 7.68. The van der Waals surface area contributed by atoms with Gasteiger partial charge >= 0.3 is 0 Å². The third-order valence-corrected chi connectivity index (χ3v) is 3.11. The van der Waals surface area contributed by atoms with Crippen molar-refractivity contribution in [2.75, 3.05) is 32.9 Å². The van der Waals surface area contributed by atoms with Gasteiger partial charge in [-0.2, -0.15) is 0 Å². The third kappa shape index (κ3) is 1.68. The van der Waals surface area contributed by atoms with Crippen molar-refractivity contribution in [3.05, 3.63) is 0 Å². The molecule has 0 aromatic rings. The summed E-state index contributed by atoms with van der Waals surface area (Å²) in [6, 6.07) is 0. The number of amides is 1. The Morgan fingerprint density at radius 2 is 2.46 bits per heavy atom. The standard InChI is InChI=1S/C9H15FN2O/c10-2-4-12-3-1-9(7-12)5-8(13)11-6-9/h1-7H2,(H,11,13). The topological polar surface area (TPSA) is 32.3 Å². The van der Waals surface area contributed by atoms with Crippen LogP contribution < -0.4 is 5.32 Å². The summed E-state index contributed by atoms with van der Waals surface area (Å²) in [5.41, 5.74) is 0.131. The number of nitrogens with zero attached hydrogens (tertiary/aromatic N) is 1. The van der Waals surface area contributed by atoms with Crippen LogP contribution in [0.25, 0.3) is 0 Å². The number of alkyl halides is 1. The number of hydrogen-bond acceptors (Lipinski definition) is 2. The Hall–Kier alpha value is -0.640. The third-order valence-electron chi connectivity index (χ3n) is 3.11. The highest BCUT2D eigenvalue weighted by atomic mass is 19.1. The molecule has 1 N–H and O–H groups in total. The van der Waals surface area contributed by atoms with E-state index in [2.05, 4.69) is 10.2 Å². The molecule has 0 bridgehead atoms. The number of carbonyl (C=O) groups is 1. The van der Waals surface area contributed by atoms with Gasteiger partial charge in [0, 0.05) is 31.5 Å². The summed E-state index contributed by atoms with van der Waals surface area (Å²) in [5.74, 6) is 0.155. The molecule has 1 atom stereocenters. The molecule has 0 aromatic heterocycles. The van der Waals surface area contributed by atoms with Gasteiger partial charge in [-0.15, -0.1) is 0 Å². The quantitative estimate of drug-likeness (QED) is 0.666. The summed E-state index contributed by atoms with van der Waals surface area (Å²) >= 11 is 0. The lowest BCUT2D eigenvalue weighted by atomic mass is 9.86. The van der Waals surface area contributed by atoms with Crippen LogP contribution >= 0.6 is 0 Å². The Kier molecular flexibility index (Phi) is 2.24. The second kappa shape index (κ2) is 3.25. The molecule has 1 unspecified atom stereocenters. The van der Waals surface area contributed by atoms with Gasteiger partial charge in [-0.05, 0) is 13.0 Å². The van der Waals surface area contributed by atoms with Gasteiger partial charge in [0.1, 0.15) is 6.67 Å². The molecule has 0 saturated carbocycles. The number of halogens is 1. The highest BCUT2D eigenvalue weighted by Gasteiger charge is 2.43.